The van der Waals surface area contributed by atoms with Crippen LogP contribution in [0.1, 0.15) is 123 Å². The van der Waals surface area contributed by atoms with Crippen LogP contribution >= 0.6 is 0 Å². The van der Waals surface area contributed by atoms with Crippen molar-refractivity contribution in [3.8, 4) is 0 Å². The summed E-state index contributed by atoms with van der Waals surface area (Å²) >= 11 is 0. The maximum absolute atomic E-state index is 12.5. The number of nitrogens with one attached hydrogen (secondary N) is 1. The van der Waals surface area contributed by atoms with E-state index in [0.717, 1.165) is 56.1 Å². The zero-order valence-electron chi connectivity index (χ0n) is 33.6. The van der Waals surface area contributed by atoms with Crippen molar-refractivity contribution < 1.29 is 57.2 Å². The molecule has 1 N–H and O–H groups in total. The highest BCUT2D eigenvalue weighted by Gasteiger charge is 2.62. The fourth-order valence-corrected chi connectivity index (χ4v) is 8.69. The Hall–Kier alpha value is -4.10. The molecule has 57 heavy (non-hydrogen) atoms. The summed E-state index contributed by atoms with van der Waals surface area (Å²) in [5.74, 6) is -2.03. The van der Waals surface area contributed by atoms with E-state index in [2.05, 4.69) is 30.6 Å². The van der Waals surface area contributed by atoms with Gasteiger partial charge in [0.1, 0.15) is 43.4 Å². The average molecular weight is 794 g/mol. The number of Topliss-reactive ketones (excluding diaryl/α,β-unsaturated/α-hetero) is 1. The number of allylic oxidation sites excluding steroid dienone is 2. The number of carbonyl (C=O) groups is 6. The summed E-state index contributed by atoms with van der Waals surface area (Å²) in [6.45, 7) is 12.7. The van der Waals surface area contributed by atoms with E-state index >= 15 is 0 Å². The minimum absolute atomic E-state index is 0.0178. The van der Waals surface area contributed by atoms with Gasteiger partial charge in [-0.15, -0.1) is 0 Å². The van der Waals surface area contributed by atoms with Gasteiger partial charge in [-0.05, 0) is 89.2 Å². The lowest BCUT2D eigenvalue weighted by molar-refractivity contribution is -0.144. The van der Waals surface area contributed by atoms with Gasteiger partial charge in [0.15, 0.2) is 0 Å². The second kappa shape index (κ2) is 18.7. The molecule has 4 fully saturated rings. The Morgan fingerprint density at radius 1 is 0.702 bits per heavy atom. The van der Waals surface area contributed by atoms with Crippen molar-refractivity contribution in [3.63, 3.8) is 0 Å². The second-order valence-electron chi connectivity index (χ2n) is 17.0. The van der Waals surface area contributed by atoms with Crippen molar-refractivity contribution in [2.24, 2.45) is 11.8 Å². The summed E-state index contributed by atoms with van der Waals surface area (Å²) in [7, 11) is 0. The highest BCUT2D eigenvalue weighted by Crippen LogP contribution is 2.51. The maximum Gasteiger partial charge on any atom is 0.334 e. The normalized spacial score (nSPS) is 33.6. The lowest BCUT2D eigenvalue weighted by Crippen LogP contribution is -2.29. The summed E-state index contributed by atoms with van der Waals surface area (Å²) in [6.07, 6.45) is 12.7. The predicted octanol–water partition coefficient (Wildman–Crippen LogP) is 5.78. The monoisotopic (exact) mass is 793 g/mol. The van der Waals surface area contributed by atoms with E-state index in [1.54, 1.807) is 0 Å². The molecule has 0 aromatic carbocycles. The Morgan fingerprint density at radius 2 is 1.19 bits per heavy atom. The molecule has 13 heteroatoms. The van der Waals surface area contributed by atoms with Gasteiger partial charge in [0.2, 0.25) is 5.91 Å². The van der Waals surface area contributed by atoms with Crippen molar-refractivity contribution >= 4 is 35.6 Å². The lowest BCUT2D eigenvalue weighted by Gasteiger charge is -2.20. The van der Waals surface area contributed by atoms with Gasteiger partial charge in [0.25, 0.3) is 0 Å². The van der Waals surface area contributed by atoms with E-state index in [1.807, 2.05) is 13.8 Å². The molecule has 4 saturated heterocycles. The van der Waals surface area contributed by atoms with Crippen LogP contribution < -0.4 is 5.32 Å². The van der Waals surface area contributed by atoms with Crippen LogP contribution in [0.15, 0.2) is 47.6 Å². The van der Waals surface area contributed by atoms with E-state index in [0.29, 0.717) is 56.2 Å². The van der Waals surface area contributed by atoms with Crippen LogP contribution in [0.4, 0.5) is 0 Å². The zero-order valence-corrected chi connectivity index (χ0v) is 33.6. The molecule has 2 aliphatic carbocycles. The predicted molar refractivity (Wildman–Crippen MR) is 206 cm³/mol. The first kappa shape index (κ1) is 42.5. The van der Waals surface area contributed by atoms with Gasteiger partial charge < -0.3 is 33.7 Å². The third kappa shape index (κ3) is 11.1. The van der Waals surface area contributed by atoms with E-state index in [1.165, 1.54) is 0 Å². The number of ketones is 1. The molecule has 0 aromatic heterocycles. The van der Waals surface area contributed by atoms with Gasteiger partial charge >= 0.3 is 23.9 Å². The van der Waals surface area contributed by atoms with Crippen LogP contribution in [-0.4, -0.2) is 90.9 Å². The van der Waals surface area contributed by atoms with Crippen molar-refractivity contribution in [2.75, 3.05) is 19.8 Å². The Morgan fingerprint density at radius 3 is 1.72 bits per heavy atom. The van der Waals surface area contributed by atoms with Crippen molar-refractivity contribution in [1.82, 2.24) is 5.32 Å². The molecular formula is C44H59NO12. The smallest absolute Gasteiger partial charge is 0.334 e. The number of unbranched alkanes of at least 4 members (excludes halogenated alkanes) is 3. The molecule has 0 unspecified atom stereocenters. The molecule has 0 spiro atoms. The van der Waals surface area contributed by atoms with Crippen molar-refractivity contribution in [1.29, 1.82) is 0 Å². The van der Waals surface area contributed by atoms with E-state index in [9.17, 15) is 28.8 Å². The maximum atomic E-state index is 12.5. The number of rotatable bonds is 17. The van der Waals surface area contributed by atoms with E-state index < -0.39 is 11.9 Å². The van der Waals surface area contributed by atoms with Crippen LogP contribution in [0.3, 0.4) is 0 Å². The number of amides is 1. The first-order valence-electron chi connectivity index (χ1n) is 20.9. The summed E-state index contributed by atoms with van der Waals surface area (Å²) in [5, 5.41) is 2.84. The molecule has 0 saturated carbocycles. The molecule has 0 aromatic rings. The highest BCUT2D eigenvalue weighted by molar-refractivity contribution is 5.91. The number of hydrogen-bond acceptors (Lipinski definition) is 12. The Kier molecular flexibility index (Phi) is 13.9. The number of epoxide rings is 2. The number of hydrogen-bond donors (Lipinski definition) is 1. The summed E-state index contributed by atoms with van der Waals surface area (Å²) in [4.78, 5) is 74.0. The molecule has 4 heterocycles. The Balaban J connectivity index is 0.772. The first-order chi connectivity index (χ1) is 27.3. The third-order valence-electron chi connectivity index (χ3n) is 12.6. The van der Waals surface area contributed by atoms with Crippen LogP contribution in [0.2, 0.25) is 0 Å². The molecule has 6 rings (SSSR count). The van der Waals surface area contributed by atoms with Gasteiger partial charge in [-0.1, -0.05) is 38.2 Å². The fourth-order valence-electron chi connectivity index (χ4n) is 8.69. The minimum Gasteiger partial charge on any atom is -0.461 e. The Labute approximate surface area is 335 Å². The minimum atomic E-state index is -0.441. The largest absolute Gasteiger partial charge is 0.461 e. The molecule has 13 nitrogen and oxygen atoms in total. The van der Waals surface area contributed by atoms with Crippen LogP contribution in [0.25, 0.3) is 0 Å². The number of esters is 4. The van der Waals surface area contributed by atoms with Gasteiger partial charge in [-0.2, -0.15) is 0 Å². The molecule has 6 aliphatic rings. The van der Waals surface area contributed by atoms with Crippen molar-refractivity contribution in [3.05, 3.63) is 47.6 Å². The summed E-state index contributed by atoms with van der Waals surface area (Å²) in [5.41, 5.74) is 2.24. The lowest BCUT2D eigenvalue weighted by atomic mass is 9.84. The van der Waals surface area contributed by atoms with E-state index in [4.69, 9.17) is 28.4 Å². The van der Waals surface area contributed by atoms with Crippen molar-refractivity contribution in [2.45, 2.75) is 159 Å². The highest BCUT2D eigenvalue weighted by atomic mass is 16.7. The number of fused-ring (bicyclic) bond motifs is 6. The van der Waals surface area contributed by atoms with Crippen LogP contribution in [0.5, 0.6) is 0 Å². The molecule has 4 aliphatic heterocycles. The van der Waals surface area contributed by atoms with Crippen LogP contribution in [-0.2, 0) is 57.2 Å². The second-order valence-corrected chi connectivity index (χ2v) is 17.0. The molecular weight excluding hydrogens is 734 g/mol. The quantitative estimate of drug-likeness (QED) is 0.0470. The van der Waals surface area contributed by atoms with Gasteiger partial charge in [0.05, 0.1) is 24.0 Å². The standard InChI is InChI=1S/C44H59NO12/c1-27-32-17-14-29(11-9-22-43(3)39(56-43)37(32)54-41(27)50)25-52-35(48)20-16-31(46)13-7-5-6-8-24-45-34(47)19-21-36(49)53-26-30-12-10-23-44(4)40(57-44)38-33(18-15-30)28(2)42(51)55-38/h11-12,32-33,37-40H,1-2,5-10,13-26H2,3-4H3,(H,45,47)/b29-11+,30-12+/t32-,33-,37-,38-,39-,40-,43+,44+/m0/s1. The SMILES string of the molecule is C=C1C(=O)O[C@H]2[C@H]1CC/C(COC(=O)CCC(=O)CCCCCCNC(=O)CCC(=O)OC/C1=C/CC[C@@]3(C)O[C@H]3[C@H]3OC(=O)C(=C)[C@@H]3CC1)=C\CC[C@@]1(C)O[C@@H]21. The number of ether oxygens (including phenoxy) is 6. The zero-order chi connectivity index (χ0) is 40.7. The van der Waals surface area contributed by atoms with E-state index in [-0.39, 0.29) is 110 Å². The average Bonchev–Trinajstić information content (AvgIpc) is 3.99. The summed E-state index contributed by atoms with van der Waals surface area (Å²) in [6, 6.07) is 0. The number of carbonyl (C=O) groups excluding carboxylic acids is 6. The molecule has 312 valence electrons. The molecule has 1 amide bonds. The topological polar surface area (TPSA) is 176 Å². The molecule has 0 bridgehead atoms. The van der Waals surface area contributed by atoms with Gasteiger partial charge in [0, 0.05) is 48.8 Å². The van der Waals surface area contributed by atoms with Gasteiger partial charge in [-0.3, -0.25) is 19.2 Å². The first-order valence-corrected chi connectivity index (χ1v) is 20.9. The third-order valence-corrected chi connectivity index (χ3v) is 12.6. The molecule has 8 atom stereocenters. The summed E-state index contributed by atoms with van der Waals surface area (Å²) < 4.78 is 34.1. The fraction of sp³-hybridized carbons (Fsp3) is 0.682. The molecule has 0 radical (unpaired) electrons. The van der Waals surface area contributed by atoms with Crippen LogP contribution in [0, 0.1) is 11.8 Å². The Bertz CT molecular complexity index is 1560. The van der Waals surface area contributed by atoms with Gasteiger partial charge in [-0.25, -0.2) is 9.59 Å².